The number of hydrogen-bond donors (Lipinski definition) is 2. The van der Waals surface area contributed by atoms with Crippen molar-refractivity contribution in [3.63, 3.8) is 0 Å². The Morgan fingerprint density at radius 3 is 2.54 bits per heavy atom. The van der Waals surface area contributed by atoms with Gasteiger partial charge in [-0.2, -0.15) is 0 Å². The van der Waals surface area contributed by atoms with Gasteiger partial charge in [0.25, 0.3) is 5.91 Å². The average molecular weight is 331 g/mol. The molecule has 1 heterocycles. The van der Waals surface area contributed by atoms with Crippen LogP contribution in [-0.2, 0) is 16.9 Å². The van der Waals surface area contributed by atoms with Gasteiger partial charge in [0.2, 0.25) is 0 Å². The van der Waals surface area contributed by atoms with E-state index in [0.29, 0.717) is 11.4 Å². The van der Waals surface area contributed by atoms with Crippen LogP contribution in [0.3, 0.4) is 0 Å². The van der Waals surface area contributed by atoms with Crippen molar-refractivity contribution in [2.45, 2.75) is 18.6 Å². The van der Waals surface area contributed by atoms with Crippen LogP contribution in [0, 0.1) is 5.82 Å². The fraction of sp³-hybridized carbons (Fsp3) is 0.278. The van der Waals surface area contributed by atoms with Crippen molar-refractivity contribution in [3.8, 4) is 5.75 Å². The topological polar surface area (TPSA) is 70.0 Å². The third-order valence-corrected chi connectivity index (χ3v) is 4.27. The number of anilines is 1. The van der Waals surface area contributed by atoms with Gasteiger partial charge < -0.3 is 19.8 Å². The molecule has 1 amide bonds. The molecule has 2 N–H and O–H groups in total. The third-order valence-electron chi connectivity index (χ3n) is 4.27. The third kappa shape index (κ3) is 2.64. The standard InChI is InChI=1S/C18H18FNO4/c1-24-14-5-2-12(3-6-14)11-20-16-7-4-13(19)10-15(16)18(23,8-9-21)17(20)22/h2-7,10,21,23H,8-9,11H2,1H3/t18-/m1/s1. The van der Waals surface area contributed by atoms with Gasteiger partial charge in [-0.15, -0.1) is 0 Å². The molecule has 2 aromatic rings. The molecule has 3 rings (SSSR count). The first-order valence-corrected chi connectivity index (χ1v) is 7.58. The zero-order chi connectivity index (χ0) is 17.3. The predicted molar refractivity (Wildman–Crippen MR) is 86.2 cm³/mol. The molecule has 5 nitrogen and oxygen atoms in total. The lowest BCUT2D eigenvalue weighted by atomic mass is 9.92. The molecule has 1 aliphatic heterocycles. The van der Waals surface area contributed by atoms with Crippen LogP contribution in [0.25, 0.3) is 0 Å². The monoisotopic (exact) mass is 331 g/mol. The summed E-state index contributed by atoms with van der Waals surface area (Å²) in [7, 11) is 1.57. The van der Waals surface area contributed by atoms with Crippen LogP contribution >= 0.6 is 0 Å². The van der Waals surface area contributed by atoms with Crippen molar-refractivity contribution in [1.29, 1.82) is 0 Å². The summed E-state index contributed by atoms with van der Waals surface area (Å²) in [6, 6.07) is 11.1. The minimum Gasteiger partial charge on any atom is -0.497 e. The first kappa shape index (κ1) is 16.4. The van der Waals surface area contributed by atoms with Gasteiger partial charge in [0, 0.05) is 18.6 Å². The van der Waals surface area contributed by atoms with E-state index in [1.54, 1.807) is 19.2 Å². The number of benzene rings is 2. The summed E-state index contributed by atoms with van der Waals surface area (Å²) in [5, 5.41) is 19.9. The Kier molecular flexibility index (Phi) is 4.26. The molecule has 0 saturated heterocycles. The second-order valence-electron chi connectivity index (χ2n) is 5.73. The highest BCUT2D eigenvalue weighted by atomic mass is 19.1. The first-order chi connectivity index (χ1) is 11.5. The Hall–Kier alpha value is -2.44. The second kappa shape index (κ2) is 6.22. The van der Waals surface area contributed by atoms with E-state index in [2.05, 4.69) is 0 Å². The van der Waals surface area contributed by atoms with Crippen molar-refractivity contribution in [2.24, 2.45) is 0 Å². The van der Waals surface area contributed by atoms with Crippen LogP contribution < -0.4 is 9.64 Å². The Bertz CT molecular complexity index is 762. The Morgan fingerprint density at radius 2 is 1.92 bits per heavy atom. The van der Waals surface area contributed by atoms with E-state index in [9.17, 15) is 19.4 Å². The van der Waals surface area contributed by atoms with Gasteiger partial charge >= 0.3 is 0 Å². The number of fused-ring (bicyclic) bond motifs is 1. The average Bonchev–Trinajstić information content (AvgIpc) is 2.78. The van der Waals surface area contributed by atoms with E-state index < -0.39 is 17.3 Å². The molecular formula is C18H18FNO4. The van der Waals surface area contributed by atoms with E-state index in [0.717, 1.165) is 11.6 Å². The lowest BCUT2D eigenvalue weighted by molar-refractivity contribution is -0.137. The zero-order valence-electron chi connectivity index (χ0n) is 13.2. The van der Waals surface area contributed by atoms with Gasteiger partial charge in [-0.25, -0.2) is 4.39 Å². The van der Waals surface area contributed by atoms with Crippen LogP contribution in [-0.4, -0.2) is 29.8 Å². The molecular weight excluding hydrogens is 313 g/mol. The Balaban J connectivity index is 1.98. The zero-order valence-corrected chi connectivity index (χ0v) is 13.2. The molecule has 126 valence electrons. The van der Waals surface area contributed by atoms with Crippen molar-refractivity contribution in [2.75, 3.05) is 18.6 Å². The van der Waals surface area contributed by atoms with Gasteiger partial charge in [0.15, 0.2) is 5.60 Å². The van der Waals surface area contributed by atoms with E-state index >= 15 is 0 Å². The normalized spacial score (nSPS) is 19.5. The molecule has 0 spiro atoms. The highest BCUT2D eigenvalue weighted by Gasteiger charge is 2.49. The fourth-order valence-electron chi connectivity index (χ4n) is 3.00. The number of aliphatic hydroxyl groups is 2. The summed E-state index contributed by atoms with van der Waals surface area (Å²) < 4.78 is 18.7. The molecule has 0 saturated carbocycles. The van der Waals surface area contributed by atoms with Crippen molar-refractivity contribution in [1.82, 2.24) is 0 Å². The van der Waals surface area contributed by atoms with Crippen LogP contribution in [0.4, 0.5) is 10.1 Å². The summed E-state index contributed by atoms with van der Waals surface area (Å²) in [5.41, 5.74) is -0.422. The maximum absolute atomic E-state index is 13.6. The number of ether oxygens (including phenoxy) is 1. The van der Waals surface area contributed by atoms with Gasteiger partial charge in [-0.05, 0) is 35.9 Å². The van der Waals surface area contributed by atoms with Gasteiger partial charge in [-0.3, -0.25) is 4.79 Å². The number of methoxy groups -OCH3 is 1. The number of hydrogen-bond acceptors (Lipinski definition) is 4. The highest BCUT2D eigenvalue weighted by Crippen LogP contribution is 2.43. The number of aliphatic hydroxyl groups excluding tert-OH is 1. The molecule has 0 aromatic heterocycles. The van der Waals surface area contributed by atoms with E-state index in [1.165, 1.54) is 17.0 Å². The predicted octanol–water partition coefficient (Wildman–Crippen LogP) is 1.95. The lowest BCUT2D eigenvalue weighted by Gasteiger charge is -2.22. The Labute approximate surface area is 138 Å². The molecule has 24 heavy (non-hydrogen) atoms. The SMILES string of the molecule is COc1ccc(CN2C(=O)[C@@](O)(CCO)c3cc(F)ccc32)cc1. The number of halogens is 1. The maximum Gasteiger partial charge on any atom is 0.264 e. The summed E-state index contributed by atoms with van der Waals surface area (Å²) in [5.74, 6) is -0.400. The smallest absolute Gasteiger partial charge is 0.264 e. The molecule has 2 aromatic carbocycles. The highest BCUT2D eigenvalue weighted by molar-refractivity contribution is 6.06. The van der Waals surface area contributed by atoms with Crippen molar-refractivity contribution >= 4 is 11.6 Å². The summed E-state index contributed by atoms with van der Waals surface area (Å²) >= 11 is 0. The summed E-state index contributed by atoms with van der Waals surface area (Å²) in [6.07, 6.45) is -0.179. The van der Waals surface area contributed by atoms with Gasteiger partial charge in [0.05, 0.1) is 19.3 Å². The second-order valence-corrected chi connectivity index (χ2v) is 5.73. The van der Waals surface area contributed by atoms with Crippen LogP contribution in [0.5, 0.6) is 5.75 Å². The van der Waals surface area contributed by atoms with Crippen LogP contribution in [0.15, 0.2) is 42.5 Å². The summed E-state index contributed by atoms with van der Waals surface area (Å²) in [4.78, 5) is 14.1. The van der Waals surface area contributed by atoms with E-state index in [-0.39, 0.29) is 25.1 Å². The fourth-order valence-corrected chi connectivity index (χ4v) is 3.00. The van der Waals surface area contributed by atoms with Gasteiger partial charge in [-0.1, -0.05) is 12.1 Å². The van der Waals surface area contributed by atoms with Gasteiger partial charge in [0.1, 0.15) is 11.6 Å². The molecule has 0 unspecified atom stereocenters. The van der Waals surface area contributed by atoms with Crippen molar-refractivity contribution in [3.05, 3.63) is 59.4 Å². The molecule has 0 radical (unpaired) electrons. The molecule has 1 aliphatic rings. The first-order valence-electron chi connectivity index (χ1n) is 7.58. The largest absolute Gasteiger partial charge is 0.497 e. The van der Waals surface area contributed by atoms with E-state index in [4.69, 9.17) is 4.74 Å². The van der Waals surface area contributed by atoms with Crippen LogP contribution in [0.1, 0.15) is 17.5 Å². The number of amides is 1. The van der Waals surface area contributed by atoms with E-state index in [1.807, 2.05) is 12.1 Å². The summed E-state index contributed by atoms with van der Waals surface area (Å²) in [6.45, 7) is -0.149. The minimum absolute atomic E-state index is 0.179. The number of carbonyl (C=O) groups excluding carboxylic acids is 1. The minimum atomic E-state index is -1.90. The van der Waals surface area contributed by atoms with Crippen molar-refractivity contribution < 1.29 is 24.1 Å². The molecule has 0 aliphatic carbocycles. The lowest BCUT2D eigenvalue weighted by Crippen LogP contribution is -2.40. The Morgan fingerprint density at radius 1 is 1.21 bits per heavy atom. The van der Waals surface area contributed by atoms with Crippen LogP contribution in [0.2, 0.25) is 0 Å². The number of rotatable bonds is 5. The molecule has 6 heteroatoms. The maximum atomic E-state index is 13.6. The number of nitrogens with zero attached hydrogens (tertiary/aromatic N) is 1. The molecule has 1 atom stereocenters. The number of carbonyl (C=O) groups is 1. The molecule has 0 fully saturated rings. The molecule has 0 bridgehead atoms. The quantitative estimate of drug-likeness (QED) is 0.879.